The van der Waals surface area contributed by atoms with E-state index in [4.69, 9.17) is 11.2 Å². The van der Waals surface area contributed by atoms with E-state index in [1.807, 2.05) is 29.2 Å². The number of halogens is 1. The topological polar surface area (TPSA) is 29.5 Å². The van der Waals surface area contributed by atoms with E-state index >= 15 is 0 Å². The van der Waals surface area contributed by atoms with E-state index < -0.39 is 0 Å². The van der Waals surface area contributed by atoms with Gasteiger partial charge in [0.1, 0.15) is 12.4 Å². The lowest BCUT2D eigenvalue weighted by Crippen LogP contribution is -2.22. The second kappa shape index (κ2) is 8.85. The second-order valence-electron chi connectivity index (χ2n) is 5.50. The summed E-state index contributed by atoms with van der Waals surface area (Å²) in [6, 6.07) is 14.1. The lowest BCUT2D eigenvalue weighted by molar-refractivity contribution is -0.121. The molecule has 0 bridgehead atoms. The van der Waals surface area contributed by atoms with Gasteiger partial charge in [-0.1, -0.05) is 30.2 Å². The third-order valence-corrected chi connectivity index (χ3v) is 3.58. The molecule has 0 aliphatic heterocycles. The molecule has 3 nitrogen and oxygen atoms in total. The van der Waals surface area contributed by atoms with Crippen molar-refractivity contribution in [1.82, 2.24) is 0 Å². The van der Waals surface area contributed by atoms with Crippen molar-refractivity contribution in [2.75, 3.05) is 25.2 Å². The zero-order chi connectivity index (χ0) is 17.4. The molecule has 0 saturated carbocycles. The van der Waals surface area contributed by atoms with Gasteiger partial charge in [-0.2, -0.15) is 0 Å². The number of methoxy groups -OCH3 is 1. The molecule has 0 amide bonds. The predicted octanol–water partition coefficient (Wildman–Crippen LogP) is 3.22. The van der Waals surface area contributed by atoms with E-state index in [1.165, 1.54) is 19.2 Å². The number of hydrogen-bond donors (Lipinski definition) is 0. The van der Waals surface area contributed by atoms with Crippen molar-refractivity contribution in [1.29, 1.82) is 0 Å². The largest absolute Gasteiger partial charge is 0.377 e. The summed E-state index contributed by atoms with van der Waals surface area (Å²) >= 11 is 0. The average Bonchev–Trinajstić information content (AvgIpc) is 2.57. The molecule has 0 aliphatic rings. The SMILES string of the molecule is C#CCN(Cc1ccc(F)cc1)c1ccc(CC(=O)COC)cc1. The number of ether oxygens (including phenoxy) is 1. The first kappa shape index (κ1) is 17.7. The van der Waals surface area contributed by atoms with Crippen LogP contribution in [0.4, 0.5) is 10.1 Å². The highest BCUT2D eigenvalue weighted by molar-refractivity contribution is 5.82. The molecule has 0 radical (unpaired) electrons. The number of carbonyl (C=O) groups excluding carboxylic acids is 1. The molecule has 0 aliphatic carbocycles. The lowest BCUT2D eigenvalue weighted by Gasteiger charge is -2.23. The summed E-state index contributed by atoms with van der Waals surface area (Å²) in [5.41, 5.74) is 2.87. The molecule has 0 fully saturated rings. The number of hydrogen-bond acceptors (Lipinski definition) is 3. The Labute approximate surface area is 142 Å². The molecule has 0 unspecified atom stereocenters. The van der Waals surface area contributed by atoms with Crippen LogP contribution in [0.25, 0.3) is 0 Å². The number of anilines is 1. The van der Waals surface area contributed by atoms with Crippen LogP contribution >= 0.6 is 0 Å². The summed E-state index contributed by atoms with van der Waals surface area (Å²) in [7, 11) is 1.51. The molecule has 0 N–H and O–H groups in total. The smallest absolute Gasteiger partial charge is 0.162 e. The van der Waals surface area contributed by atoms with Crippen molar-refractivity contribution in [3.63, 3.8) is 0 Å². The predicted molar refractivity (Wildman–Crippen MR) is 93.3 cm³/mol. The summed E-state index contributed by atoms with van der Waals surface area (Å²) in [6.45, 7) is 1.15. The molecule has 124 valence electrons. The molecular weight excluding hydrogens is 305 g/mol. The Morgan fingerprint density at radius 2 is 1.75 bits per heavy atom. The van der Waals surface area contributed by atoms with Gasteiger partial charge in [-0.25, -0.2) is 4.39 Å². The summed E-state index contributed by atoms with van der Waals surface area (Å²) in [5, 5.41) is 0. The van der Waals surface area contributed by atoms with Gasteiger partial charge in [0.25, 0.3) is 0 Å². The molecule has 0 aromatic heterocycles. The molecule has 0 heterocycles. The molecule has 0 spiro atoms. The quantitative estimate of drug-likeness (QED) is 0.698. The summed E-state index contributed by atoms with van der Waals surface area (Å²) in [4.78, 5) is 13.6. The number of terminal acetylenes is 1. The van der Waals surface area contributed by atoms with Crippen LogP contribution in [0.3, 0.4) is 0 Å². The number of nitrogens with zero attached hydrogens (tertiary/aromatic N) is 1. The highest BCUT2D eigenvalue weighted by Crippen LogP contribution is 2.18. The van der Waals surface area contributed by atoms with Gasteiger partial charge in [-0.15, -0.1) is 6.42 Å². The fourth-order valence-electron chi connectivity index (χ4n) is 2.42. The lowest BCUT2D eigenvalue weighted by atomic mass is 10.1. The number of ketones is 1. The fraction of sp³-hybridized carbons (Fsp3) is 0.250. The zero-order valence-corrected chi connectivity index (χ0v) is 13.7. The van der Waals surface area contributed by atoms with Gasteiger partial charge in [0, 0.05) is 25.8 Å². The second-order valence-corrected chi connectivity index (χ2v) is 5.50. The molecule has 0 atom stereocenters. The number of benzene rings is 2. The van der Waals surface area contributed by atoms with E-state index in [0.717, 1.165) is 16.8 Å². The Kier molecular flexibility index (Phi) is 6.53. The van der Waals surface area contributed by atoms with Crippen LogP contribution < -0.4 is 4.90 Å². The monoisotopic (exact) mass is 325 g/mol. The minimum atomic E-state index is -0.257. The summed E-state index contributed by atoms with van der Waals surface area (Å²) in [5.74, 6) is 2.42. The Hall–Kier alpha value is -2.64. The first-order valence-corrected chi connectivity index (χ1v) is 7.65. The van der Waals surface area contributed by atoms with E-state index in [-0.39, 0.29) is 18.2 Å². The van der Waals surface area contributed by atoms with Crippen LogP contribution in [0.2, 0.25) is 0 Å². The maximum atomic E-state index is 13.0. The van der Waals surface area contributed by atoms with Crippen molar-refractivity contribution >= 4 is 11.5 Å². The highest BCUT2D eigenvalue weighted by atomic mass is 19.1. The molecule has 2 aromatic rings. The molecule has 0 saturated heterocycles. The van der Waals surface area contributed by atoms with Gasteiger partial charge < -0.3 is 9.64 Å². The van der Waals surface area contributed by atoms with E-state index in [9.17, 15) is 9.18 Å². The minimum Gasteiger partial charge on any atom is -0.377 e. The van der Waals surface area contributed by atoms with Crippen molar-refractivity contribution in [2.24, 2.45) is 0 Å². The van der Waals surface area contributed by atoms with Gasteiger partial charge in [-0.05, 0) is 35.4 Å². The van der Waals surface area contributed by atoms with Gasteiger partial charge in [0.05, 0.1) is 6.54 Å². The third-order valence-electron chi connectivity index (χ3n) is 3.58. The van der Waals surface area contributed by atoms with Crippen molar-refractivity contribution in [3.8, 4) is 12.3 Å². The van der Waals surface area contributed by atoms with Gasteiger partial charge in [-0.3, -0.25) is 4.79 Å². The Balaban J connectivity index is 2.08. The summed E-state index contributed by atoms with van der Waals surface area (Å²) in [6.07, 6.45) is 5.81. The Morgan fingerprint density at radius 1 is 1.12 bits per heavy atom. The van der Waals surface area contributed by atoms with Crippen LogP contribution in [0.15, 0.2) is 48.5 Å². The normalized spacial score (nSPS) is 10.2. The summed E-state index contributed by atoms with van der Waals surface area (Å²) < 4.78 is 17.9. The Morgan fingerprint density at radius 3 is 2.33 bits per heavy atom. The average molecular weight is 325 g/mol. The minimum absolute atomic E-state index is 0.0389. The molecule has 2 rings (SSSR count). The zero-order valence-electron chi connectivity index (χ0n) is 13.7. The standard InChI is InChI=1S/C20H20FNO2/c1-3-12-22(14-17-4-8-18(21)9-5-17)19-10-6-16(7-11-19)13-20(23)15-24-2/h1,4-11H,12-15H2,2H3. The molecule has 4 heteroatoms. The fourth-order valence-corrected chi connectivity index (χ4v) is 2.42. The van der Waals surface area contributed by atoms with E-state index in [0.29, 0.717) is 19.5 Å². The van der Waals surface area contributed by atoms with Crippen molar-refractivity contribution in [3.05, 3.63) is 65.5 Å². The van der Waals surface area contributed by atoms with Crippen LogP contribution in [0, 0.1) is 18.2 Å². The van der Waals surface area contributed by atoms with Crippen LogP contribution in [-0.4, -0.2) is 26.0 Å². The Bertz CT molecular complexity index is 702. The molecular formula is C20H20FNO2. The van der Waals surface area contributed by atoms with E-state index in [1.54, 1.807) is 12.1 Å². The first-order valence-electron chi connectivity index (χ1n) is 7.65. The van der Waals surface area contributed by atoms with Crippen LogP contribution in [0.5, 0.6) is 0 Å². The highest BCUT2D eigenvalue weighted by Gasteiger charge is 2.08. The van der Waals surface area contributed by atoms with Crippen LogP contribution in [0.1, 0.15) is 11.1 Å². The van der Waals surface area contributed by atoms with Crippen LogP contribution in [-0.2, 0) is 22.5 Å². The number of Topliss-reactive ketones (excluding diaryl/α,β-unsaturated/α-hetero) is 1. The first-order chi connectivity index (χ1) is 11.6. The maximum Gasteiger partial charge on any atom is 0.162 e. The van der Waals surface area contributed by atoms with Crippen molar-refractivity contribution in [2.45, 2.75) is 13.0 Å². The number of carbonyl (C=O) groups is 1. The van der Waals surface area contributed by atoms with Crippen molar-refractivity contribution < 1.29 is 13.9 Å². The van der Waals surface area contributed by atoms with Gasteiger partial charge in [0.15, 0.2) is 5.78 Å². The maximum absolute atomic E-state index is 13.0. The van der Waals surface area contributed by atoms with E-state index in [2.05, 4.69) is 5.92 Å². The molecule has 2 aromatic carbocycles. The van der Waals surface area contributed by atoms with Gasteiger partial charge >= 0.3 is 0 Å². The number of rotatable bonds is 8. The van der Waals surface area contributed by atoms with Gasteiger partial charge in [0.2, 0.25) is 0 Å². The third kappa shape index (κ3) is 5.22. The molecule has 24 heavy (non-hydrogen) atoms.